The minimum absolute atomic E-state index is 0.941. The lowest BCUT2D eigenvalue weighted by atomic mass is 10.1. The highest BCUT2D eigenvalue weighted by atomic mass is 16.3. The normalized spacial score (nSPS) is 13.7. The lowest BCUT2D eigenvalue weighted by Crippen LogP contribution is -2.30. The van der Waals surface area contributed by atoms with E-state index in [0.29, 0.717) is 0 Å². The predicted molar refractivity (Wildman–Crippen MR) is 108 cm³/mol. The van der Waals surface area contributed by atoms with Crippen LogP contribution in [0.3, 0.4) is 0 Å². The number of fused-ring (bicyclic) bond motifs is 6. The molecule has 5 aromatic rings. The Hall–Kier alpha value is -3.26. The first kappa shape index (κ1) is 14.0. The van der Waals surface area contributed by atoms with Gasteiger partial charge in [-0.05, 0) is 43.2 Å². The topological polar surface area (TPSA) is 18.1 Å². The van der Waals surface area contributed by atoms with E-state index in [2.05, 4.69) is 71.3 Å². The smallest absolute Gasteiger partial charge is 0.135 e. The maximum atomic E-state index is 6.00. The van der Waals surface area contributed by atoms with E-state index in [0.717, 1.165) is 24.0 Å². The van der Waals surface area contributed by atoms with Gasteiger partial charge in [-0.3, -0.25) is 0 Å². The third-order valence-electron chi connectivity index (χ3n) is 5.42. The van der Waals surface area contributed by atoms with Gasteiger partial charge in [0.1, 0.15) is 11.2 Å². The molecular weight excluding hydrogens is 318 g/mol. The first-order chi connectivity index (χ1) is 12.9. The Bertz CT molecular complexity index is 1430. The van der Waals surface area contributed by atoms with Crippen molar-refractivity contribution in [2.45, 2.75) is 12.8 Å². The van der Waals surface area contributed by atoms with Crippen LogP contribution in [0, 0.1) is 0 Å². The van der Waals surface area contributed by atoms with Gasteiger partial charge < -0.3 is 8.98 Å². The van der Waals surface area contributed by atoms with Crippen LogP contribution in [-0.4, -0.2) is 4.57 Å². The summed E-state index contributed by atoms with van der Waals surface area (Å²) in [5, 5.41) is 6.35. The zero-order valence-corrected chi connectivity index (χ0v) is 14.3. The van der Waals surface area contributed by atoms with Crippen molar-refractivity contribution in [1.82, 2.24) is 4.57 Å². The van der Waals surface area contributed by atoms with Crippen LogP contribution in [0.5, 0.6) is 0 Å². The van der Waals surface area contributed by atoms with Gasteiger partial charge in [0.2, 0.25) is 0 Å². The Labute approximate surface area is 150 Å². The summed E-state index contributed by atoms with van der Waals surface area (Å²) in [6.07, 6.45) is 6.96. The number of benzene rings is 3. The van der Waals surface area contributed by atoms with Crippen LogP contribution < -0.4 is 10.6 Å². The first-order valence-electron chi connectivity index (χ1n) is 9.12. The molecule has 0 radical (unpaired) electrons. The molecule has 0 saturated carbocycles. The Kier molecular flexibility index (Phi) is 2.75. The third-order valence-corrected chi connectivity index (χ3v) is 5.42. The van der Waals surface area contributed by atoms with Crippen molar-refractivity contribution in [3.63, 3.8) is 0 Å². The lowest BCUT2D eigenvalue weighted by molar-refractivity contribution is 0.669. The highest BCUT2D eigenvalue weighted by Crippen LogP contribution is 2.30. The predicted octanol–water partition coefficient (Wildman–Crippen LogP) is 4.88. The molecule has 0 atom stereocenters. The second-order valence-electron chi connectivity index (χ2n) is 6.92. The number of aromatic nitrogens is 1. The fourth-order valence-corrected chi connectivity index (χ4v) is 4.28. The molecule has 2 aromatic heterocycles. The van der Waals surface area contributed by atoms with E-state index in [1.807, 2.05) is 12.1 Å². The number of rotatable bonds is 1. The average Bonchev–Trinajstić information content (AvgIpc) is 3.23. The highest BCUT2D eigenvalue weighted by Gasteiger charge is 2.13. The van der Waals surface area contributed by atoms with Crippen molar-refractivity contribution in [3.8, 4) is 5.69 Å². The molecule has 1 aliphatic rings. The van der Waals surface area contributed by atoms with Crippen LogP contribution in [0.15, 0.2) is 71.1 Å². The maximum absolute atomic E-state index is 6.00. The highest BCUT2D eigenvalue weighted by molar-refractivity contribution is 6.05. The van der Waals surface area contributed by atoms with Crippen LogP contribution in [0.4, 0.5) is 0 Å². The van der Waals surface area contributed by atoms with Gasteiger partial charge in [0.05, 0.1) is 5.52 Å². The summed E-state index contributed by atoms with van der Waals surface area (Å²) < 4.78 is 8.39. The molecule has 0 amide bonds. The number of para-hydroxylation sites is 2. The Morgan fingerprint density at radius 1 is 0.692 bits per heavy atom. The molecule has 0 aliphatic heterocycles. The molecule has 1 aliphatic carbocycles. The summed E-state index contributed by atoms with van der Waals surface area (Å²) in [6, 6.07) is 23.5. The van der Waals surface area contributed by atoms with E-state index in [1.54, 1.807) is 0 Å². The Morgan fingerprint density at radius 3 is 2.42 bits per heavy atom. The van der Waals surface area contributed by atoms with Crippen LogP contribution >= 0.6 is 0 Å². The summed E-state index contributed by atoms with van der Waals surface area (Å²) >= 11 is 0. The Morgan fingerprint density at radius 2 is 1.46 bits per heavy atom. The quantitative estimate of drug-likeness (QED) is 0.427. The molecule has 0 spiro atoms. The van der Waals surface area contributed by atoms with E-state index in [4.69, 9.17) is 4.42 Å². The SMILES string of the molecule is C1=c2c(n(-c3ccc4oc5ccccc5c4c3)c3ccccc23)=CCC1. The van der Waals surface area contributed by atoms with Gasteiger partial charge in [-0.25, -0.2) is 0 Å². The average molecular weight is 335 g/mol. The fraction of sp³-hybridized carbons (Fsp3) is 0.0833. The molecule has 0 bridgehead atoms. The van der Waals surface area contributed by atoms with Gasteiger partial charge in [0, 0.05) is 32.4 Å². The van der Waals surface area contributed by atoms with Gasteiger partial charge in [0.25, 0.3) is 0 Å². The molecule has 0 N–H and O–H groups in total. The molecule has 2 heteroatoms. The van der Waals surface area contributed by atoms with E-state index >= 15 is 0 Å². The van der Waals surface area contributed by atoms with Crippen LogP contribution in [-0.2, 0) is 0 Å². The van der Waals surface area contributed by atoms with Gasteiger partial charge in [-0.1, -0.05) is 48.6 Å². The second kappa shape index (κ2) is 5.12. The molecule has 0 saturated heterocycles. The maximum Gasteiger partial charge on any atom is 0.135 e. The van der Waals surface area contributed by atoms with E-state index in [9.17, 15) is 0 Å². The van der Waals surface area contributed by atoms with Crippen LogP contribution in [0.1, 0.15) is 12.8 Å². The zero-order valence-electron chi connectivity index (χ0n) is 14.3. The molecule has 0 fully saturated rings. The molecule has 2 nitrogen and oxygen atoms in total. The van der Waals surface area contributed by atoms with Crippen molar-refractivity contribution in [3.05, 3.63) is 77.3 Å². The first-order valence-corrected chi connectivity index (χ1v) is 9.12. The molecule has 2 heterocycles. The van der Waals surface area contributed by atoms with Crippen molar-refractivity contribution >= 4 is 45.0 Å². The van der Waals surface area contributed by atoms with E-state index in [1.165, 1.54) is 37.9 Å². The third kappa shape index (κ3) is 1.81. The molecule has 124 valence electrons. The molecule has 6 rings (SSSR count). The molecule has 26 heavy (non-hydrogen) atoms. The van der Waals surface area contributed by atoms with E-state index in [-0.39, 0.29) is 0 Å². The van der Waals surface area contributed by atoms with Crippen LogP contribution in [0.25, 0.3) is 50.7 Å². The summed E-state index contributed by atoms with van der Waals surface area (Å²) in [7, 11) is 0. The number of nitrogens with zero attached hydrogens (tertiary/aromatic N) is 1. The standard InChI is InChI=1S/C24H17NO/c1-4-10-21-17(7-1)18-8-2-5-11-22(18)25(21)16-13-14-24-20(15-16)19-9-3-6-12-23(19)26-24/h1,3-4,6-15H,2,5H2. The monoisotopic (exact) mass is 335 g/mol. The van der Waals surface area contributed by atoms with Crippen molar-refractivity contribution in [1.29, 1.82) is 0 Å². The minimum Gasteiger partial charge on any atom is -0.456 e. The summed E-state index contributed by atoms with van der Waals surface area (Å²) in [6.45, 7) is 0. The van der Waals surface area contributed by atoms with Gasteiger partial charge in [-0.2, -0.15) is 0 Å². The van der Waals surface area contributed by atoms with Gasteiger partial charge in [-0.15, -0.1) is 0 Å². The molecular formula is C24H17NO. The van der Waals surface area contributed by atoms with Gasteiger partial charge in [0.15, 0.2) is 0 Å². The summed E-state index contributed by atoms with van der Waals surface area (Å²) in [5.74, 6) is 0. The van der Waals surface area contributed by atoms with Crippen molar-refractivity contribution in [2.24, 2.45) is 0 Å². The van der Waals surface area contributed by atoms with Crippen molar-refractivity contribution < 1.29 is 4.42 Å². The Balaban J connectivity index is 1.76. The van der Waals surface area contributed by atoms with Crippen LogP contribution in [0.2, 0.25) is 0 Å². The summed E-state index contributed by atoms with van der Waals surface area (Å²) in [5.41, 5.74) is 4.34. The van der Waals surface area contributed by atoms with Gasteiger partial charge >= 0.3 is 0 Å². The zero-order chi connectivity index (χ0) is 17.1. The lowest BCUT2D eigenvalue weighted by Gasteiger charge is -2.08. The number of hydrogen-bond acceptors (Lipinski definition) is 1. The number of furan rings is 1. The number of hydrogen-bond donors (Lipinski definition) is 0. The van der Waals surface area contributed by atoms with E-state index < -0.39 is 0 Å². The second-order valence-corrected chi connectivity index (χ2v) is 6.92. The fourth-order valence-electron chi connectivity index (χ4n) is 4.28. The largest absolute Gasteiger partial charge is 0.456 e. The minimum atomic E-state index is 0.941. The molecule has 0 unspecified atom stereocenters. The van der Waals surface area contributed by atoms with Crippen molar-refractivity contribution in [2.75, 3.05) is 0 Å². The molecule has 3 aromatic carbocycles. The summed E-state index contributed by atoms with van der Waals surface area (Å²) in [4.78, 5) is 0.